The van der Waals surface area contributed by atoms with Crippen molar-refractivity contribution in [1.29, 1.82) is 0 Å². The van der Waals surface area contributed by atoms with Gasteiger partial charge < -0.3 is 24.0 Å². The molecule has 1 aliphatic rings. The molecule has 0 saturated carbocycles. The molecular weight excluding hydrogens is 356 g/mol. The van der Waals surface area contributed by atoms with Gasteiger partial charge in [0, 0.05) is 44.0 Å². The third kappa shape index (κ3) is 3.72. The van der Waals surface area contributed by atoms with Crippen LogP contribution in [0.2, 0.25) is 0 Å². The second-order valence-corrected chi connectivity index (χ2v) is 6.91. The zero-order valence-corrected chi connectivity index (χ0v) is 17.2. The Morgan fingerprint density at radius 3 is 2.07 bits per heavy atom. The van der Waals surface area contributed by atoms with Crippen LogP contribution in [0, 0.1) is 13.8 Å². The van der Waals surface area contributed by atoms with E-state index >= 15 is 0 Å². The van der Waals surface area contributed by atoms with E-state index < -0.39 is 0 Å². The number of hydrogen-bond donors (Lipinski definition) is 0. The number of anilines is 1. The van der Waals surface area contributed by atoms with E-state index in [9.17, 15) is 4.79 Å². The van der Waals surface area contributed by atoms with Crippen LogP contribution in [0.25, 0.3) is 0 Å². The van der Waals surface area contributed by atoms with Crippen molar-refractivity contribution in [2.24, 2.45) is 0 Å². The van der Waals surface area contributed by atoms with Crippen molar-refractivity contribution in [3.8, 4) is 17.2 Å². The summed E-state index contributed by atoms with van der Waals surface area (Å²) in [6.45, 7) is 7.18. The maximum atomic E-state index is 13.1. The summed E-state index contributed by atoms with van der Waals surface area (Å²) in [6.07, 6.45) is 0. The van der Waals surface area contributed by atoms with Crippen LogP contribution in [-0.2, 0) is 0 Å². The Kier molecular flexibility index (Phi) is 5.97. The van der Waals surface area contributed by atoms with Crippen molar-refractivity contribution in [2.75, 3.05) is 52.4 Å². The van der Waals surface area contributed by atoms with E-state index in [0.29, 0.717) is 35.9 Å². The Balaban J connectivity index is 1.77. The van der Waals surface area contributed by atoms with Gasteiger partial charge in [-0.2, -0.15) is 0 Å². The van der Waals surface area contributed by atoms with Crippen molar-refractivity contribution in [2.45, 2.75) is 13.8 Å². The summed E-state index contributed by atoms with van der Waals surface area (Å²) in [4.78, 5) is 17.4. The van der Waals surface area contributed by atoms with Crippen molar-refractivity contribution in [3.05, 3.63) is 47.0 Å². The van der Waals surface area contributed by atoms with Crippen molar-refractivity contribution < 1.29 is 19.0 Å². The SMILES string of the molecule is COc1cc(OC)c(C(=O)N2CCN(c3cccc(C)c3C)CC2)cc1OC. The van der Waals surface area contributed by atoms with Gasteiger partial charge in [-0.1, -0.05) is 12.1 Å². The molecule has 0 aromatic heterocycles. The summed E-state index contributed by atoms with van der Waals surface area (Å²) in [7, 11) is 4.67. The second kappa shape index (κ2) is 8.42. The number of piperazine rings is 1. The molecule has 0 aliphatic carbocycles. The fraction of sp³-hybridized carbons (Fsp3) is 0.409. The smallest absolute Gasteiger partial charge is 0.257 e. The minimum Gasteiger partial charge on any atom is -0.496 e. The number of amides is 1. The second-order valence-electron chi connectivity index (χ2n) is 6.91. The number of aryl methyl sites for hydroxylation is 1. The Morgan fingerprint density at radius 2 is 1.46 bits per heavy atom. The van der Waals surface area contributed by atoms with Gasteiger partial charge in [0.05, 0.1) is 26.9 Å². The molecule has 2 aromatic carbocycles. The monoisotopic (exact) mass is 384 g/mol. The number of hydrogen-bond acceptors (Lipinski definition) is 5. The third-order valence-corrected chi connectivity index (χ3v) is 5.42. The van der Waals surface area contributed by atoms with Crippen LogP contribution >= 0.6 is 0 Å². The molecule has 1 amide bonds. The molecule has 6 heteroatoms. The molecule has 1 aliphatic heterocycles. The number of ether oxygens (including phenoxy) is 3. The first-order valence-corrected chi connectivity index (χ1v) is 9.40. The highest BCUT2D eigenvalue weighted by atomic mass is 16.5. The molecule has 0 unspecified atom stereocenters. The standard InChI is InChI=1S/C22H28N2O4/c1-15-7-6-8-18(16(15)2)23-9-11-24(12-10-23)22(25)17-13-20(27-4)21(28-5)14-19(17)26-3/h6-8,13-14H,9-12H2,1-5H3. The fourth-order valence-corrected chi connectivity index (χ4v) is 3.60. The molecule has 6 nitrogen and oxygen atoms in total. The zero-order chi connectivity index (χ0) is 20.3. The predicted octanol–water partition coefficient (Wildman–Crippen LogP) is 3.29. The highest BCUT2D eigenvalue weighted by Crippen LogP contribution is 2.35. The van der Waals surface area contributed by atoms with Gasteiger partial charge in [0.25, 0.3) is 5.91 Å². The average molecular weight is 384 g/mol. The number of carbonyl (C=O) groups excluding carboxylic acids is 1. The predicted molar refractivity (Wildman–Crippen MR) is 110 cm³/mol. The summed E-state index contributed by atoms with van der Waals surface area (Å²) in [5.41, 5.74) is 4.31. The normalized spacial score (nSPS) is 14.0. The maximum Gasteiger partial charge on any atom is 0.257 e. The molecule has 0 N–H and O–H groups in total. The minimum absolute atomic E-state index is 0.0570. The van der Waals surface area contributed by atoms with Crippen LogP contribution < -0.4 is 19.1 Å². The summed E-state index contributed by atoms with van der Waals surface area (Å²) in [6, 6.07) is 9.75. The molecule has 1 saturated heterocycles. The number of carbonyl (C=O) groups is 1. The highest BCUT2D eigenvalue weighted by Gasteiger charge is 2.26. The molecule has 0 spiro atoms. The van der Waals surface area contributed by atoms with Crippen molar-refractivity contribution in [1.82, 2.24) is 4.90 Å². The Bertz CT molecular complexity index is 858. The summed E-state index contributed by atoms with van der Waals surface area (Å²) >= 11 is 0. The number of nitrogens with zero attached hydrogens (tertiary/aromatic N) is 2. The van der Waals surface area contributed by atoms with E-state index in [0.717, 1.165) is 13.1 Å². The fourth-order valence-electron chi connectivity index (χ4n) is 3.60. The zero-order valence-electron chi connectivity index (χ0n) is 17.2. The first-order chi connectivity index (χ1) is 13.5. The van der Waals surface area contributed by atoms with E-state index in [-0.39, 0.29) is 5.91 Å². The van der Waals surface area contributed by atoms with Crippen LogP contribution in [0.1, 0.15) is 21.5 Å². The molecule has 2 aromatic rings. The summed E-state index contributed by atoms with van der Waals surface area (Å²) in [5.74, 6) is 1.48. The molecule has 0 bridgehead atoms. The van der Waals surface area contributed by atoms with Gasteiger partial charge in [0.1, 0.15) is 5.75 Å². The molecule has 0 radical (unpaired) electrons. The Morgan fingerprint density at radius 1 is 0.857 bits per heavy atom. The molecule has 1 heterocycles. The first kappa shape index (κ1) is 19.9. The lowest BCUT2D eigenvalue weighted by Crippen LogP contribution is -2.49. The summed E-state index contributed by atoms with van der Waals surface area (Å²) < 4.78 is 16.1. The van der Waals surface area contributed by atoms with Gasteiger partial charge >= 0.3 is 0 Å². The average Bonchev–Trinajstić information content (AvgIpc) is 2.74. The maximum absolute atomic E-state index is 13.1. The lowest BCUT2D eigenvalue weighted by molar-refractivity contribution is 0.0743. The van der Waals surface area contributed by atoms with Gasteiger partial charge in [-0.3, -0.25) is 4.79 Å². The molecule has 3 rings (SSSR count). The van der Waals surface area contributed by atoms with Crippen LogP contribution in [0.4, 0.5) is 5.69 Å². The third-order valence-electron chi connectivity index (χ3n) is 5.42. The first-order valence-electron chi connectivity index (χ1n) is 9.40. The van der Waals surface area contributed by atoms with Crippen LogP contribution in [0.3, 0.4) is 0 Å². The van der Waals surface area contributed by atoms with E-state index in [2.05, 4.69) is 36.9 Å². The lowest BCUT2D eigenvalue weighted by Gasteiger charge is -2.37. The van der Waals surface area contributed by atoms with Crippen LogP contribution in [0.5, 0.6) is 17.2 Å². The van der Waals surface area contributed by atoms with Crippen LogP contribution in [0.15, 0.2) is 30.3 Å². The van der Waals surface area contributed by atoms with Gasteiger partial charge in [0.15, 0.2) is 11.5 Å². The molecule has 0 atom stereocenters. The number of methoxy groups -OCH3 is 3. The largest absolute Gasteiger partial charge is 0.496 e. The topological polar surface area (TPSA) is 51.2 Å². The number of rotatable bonds is 5. The minimum atomic E-state index is -0.0570. The Labute approximate surface area is 166 Å². The Hall–Kier alpha value is -2.89. The van der Waals surface area contributed by atoms with Gasteiger partial charge in [0.2, 0.25) is 0 Å². The highest BCUT2D eigenvalue weighted by molar-refractivity contribution is 5.98. The summed E-state index contributed by atoms with van der Waals surface area (Å²) in [5, 5.41) is 0. The lowest BCUT2D eigenvalue weighted by atomic mass is 10.1. The molecular formula is C22H28N2O4. The van der Waals surface area contributed by atoms with Gasteiger partial charge in [-0.05, 0) is 31.0 Å². The van der Waals surface area contributed by atoms with Crippen LogP contribution in [-0.4, -0.2) is 58.3 Å². The van der Waals surface area contributed by atoms with E-state index in [4.69, 9.17) is 14.2 Å². The molecule has 28 heavy (non-hydrogen) atoms. The molecule has 1 fully saturated rings. The van der Waals surface area contributed by atoms with E-state index in [1.54, 1.807) is 33.5 Å². The van der Waals surface area contributed by atoms with Gasteiger partial charge in [-0.15, -0.1) is 0 Å². The van der Waals surface area contributed by atoms with E-state index in [1.807, 2.05) is 4.90 Å². The van der Waals surface area contributed by atoms with Gasteiger partial charge in [-0.25, -0.2) is 0 Å². The number of benzene rings is 2. The quantitative estimate of drug-likeness (QED) is 0.792. The molecule has 150 valence electrons. The van der Waals surface area contributed by atoms with Crippen molar-refractivity contribution >= 4 is 11.6 Å². The van der Waals surface area contributed by atoms with Crippen molar-refractivity contribution in [3.63, 3.8) is 0 Å². The van der Waals surface area contributed by atoms with E-state index in [1.165, 1.54) is 16.8 Å².